The van der Waals surface area contributed by atoms with Crippen molar-refractivity contribution < 1.29 is 9.46 Å². The average Bonchev–Trinajstić information content (AvgIpc) is 1.38. The van der Waals surface area contributed by atoms with Crippen LogP contribution in [-0.2, 0) is 4.57 Å². The summed E-state index contributed by atoms with van der Waals surface area (Å²) in [6.45, 7) is 0. The van der Waals surface area contributed by atoms with Gasteiger partial charge >= 0.3 is 8.03 Å². The summed E-state index contributed by atoms with van der Waals surface area (Å²) in [6.07, 6.45) is -0.130. The Labute approximate surface area is 30.7 Å². The molecular formula is CH5NO2P+. The van der Waals surface area contributed by atoms with E-state index in [1.165, 1.54) is 0 Å². The molecule has 3 N–H and O–H groups in total. The molecule has 5 heavy (non-hydrogen) atoms. The fraction of sp³-hybridized carbons (Fsp3) is 1.00. The van der Waals surface area contributed by atoms with Gasteiger partial charge in [-0.2, -0.15) is 4.89 Å². The van der Waals surface area contributed by atoms with Gasteiger partial charge in [0.2, 0.25) is 6.29 Å². The van der Waals surface area contributed by atoms with Crippen molar-refractivity contribution in [2.75, 3.05) is 6.29 Å². The van der Waals surface area contributed by atoms with Gasteiger partial charge in [0, 0.05) is 0 Å². The van der Waals surface area contributed by atoms with Gasteiger partial charge in [0.1, 0.15) is 0 Å². The highest BCUT2D eigenvalue weighted by atomic mass is 31.1. The van der Waals surface area contributed by atoms with Crippen LogP contribution >= 0.6 is 8.03 Å². The summed E-state index contributed by atoms with van der Waals surface area (Å²) in [7, 11) is -2.07. The minimum atomic E-state index is -2.07. The summed E-state index contributed by atoms with van der Waals surface area (Å²) in [5.41, 5.74) is 4.64. The van der Waals surface area contributed by atoms with Gasteiger partial charge in [0.15, 0.2) is 0 Å². The highest BCUT2D eigenvalue weighted by Gasteiger charge is 1.99. The Morgan fingerprint density at radius 1 is 2.00 bits per heavy atom. The number of hydrogen-bond acceptors (Lipinski definition) is 2. The lowest BCUT2D eigenvalue weighted by molar-refractivity contribution is 0.503. The zero-order valence-electron chi connectivity index (χ0n) is 2.59. The van der Waals surface area contributed by atoms with Crippen LogP contribution in [0.1, 0.15) is 0 Å². The second-order valence-electron chi connectivity index (χ2n) is 0.535. The maximum atomic E-state index is 9.39. The first-order valence-corrected chi connectivity index (χ1v) is 2.50. The van der Waals surface area contributed by atoms with Crippen molar-refractivity contribution in [2.24, 2.45) is 5.73 Å². The van der Waals surface area contributed by atoms with Crippen LogP contribution in [0.2, 0.25) is 0 Å². The highest BCUT2D eigenvalue weighted by Crippen LogP contribution is 2.04. The number of nitrogens with two attached hydrogens (primary N) is 1. The normalized spacial score (nSPS) is 11.2. The maximum Gasteiger partial charge on any atom is 0.521 e. The second kappa shape index (κ2) is 2.27. The minimum absolute atomic E-state index is 0.130. The van der Waals surface area contributed by atoms with Gasteiger partial charge < -0.3 is 0 Å². The summed E-state index contributed by atoms with van der Waals surface area (Å²) in [5.74, 6) is 0. The molecule has 0 saturated heterocycles. The van der Waals surface area contributed by atoms with Crippen molar-refractivity contribution in [1.29, 1.82) is 0 Å². The third kappa shape index (κ3) is 4.02. The van der Waals surface area contributed by atoms with Crippen molar-refractivity contribution in [2.45, 2.75) is 0 Å². The predicted octanol–water partition coefficient (Wildman–Crippen LogP) is -0.363. The first kappa shape index (κ1) is 5.02. The monoisotopic (exact) mass is 94.0 g/mol. The van der Waals surface area contributed by atoms with Gasteiger partial charge in [-0.05, 0) is 4.57 Å². The van der Waals surface area contributed by atoms with E-state index >= 15 is 0 Å². The van der Waals surface area contributed by atoms with Crippen LogP contribution in [0.5, 0.6) is 0 Å². The molecule has 0 aliphatic heterocycles. The summed E-state index contributed by atoms with van der Waals surface area (Å²) in [6, 6.07) is 0. The number of hydrogen-bond donors (Lipinski definition) is 2. The molecular weight excluding hydrogens is 89.0 g/mol. The molecule has 0 aromatic rings. The summed E-state index contributed by atoms with van der Waals surface area (Å²) in [4.78, 5) is 7.75. The molecule has 0 saturated carbocycles. The van der Waals surface area contributed by atoms with E-state index in [2.05, 4.69) is 5.73 Å². The average molecular weight is 94.0 g/mol. The molecule has 0 rings (SSSR count). The molecule has 0 amide bonds. The van der Waals surface area contributed by atoms with Gasteiger partial charge in [0.05, 0.1) is 0 Å². The van der Waals surface area contributed by atoms with Crippen molar-refractivity contribution in [3.63, 3.8) is 0 Å². The third-order valence-corrected chi connectivity index (χ3v) is 0.469. The minimum Gasteiger partial charge on any atom is -0.288 e. The number of rotatable bonds is 1. The summed E-state index contributed by atoms with van der Waals surface area (Å²) < 4.78 is 9.39. The Morgan fingerprint density at radius 3 is 2.20 bits per heavy atom. The quantitative estimate of drug-likeness (QED) is 0.436. The second-order valence-corrected chi connectivity index (χ2v) is 1.60. The predicted molar refractivity (Wildman–Crippen MR) is 18.9 cm³/mol. The Balaban J connectivity index is 2.85. The Bertz CT molecular complexity index is 44.9. The van der Waals surface area contributed by atoms with Crippen molar-refractivity contribution in [3.05, 3.63) is 0 Å². The van der Waals surface area contributed by atoms with Crippen LogP contribution in [0, 0.1) is 0 Å². The first-order valence-electron chi connectivity index (χ1n) is 1.11. The SMILES string of the molecule is NC[P+](=O)O. The molecule has 0 aliphatic rings. The highest BCUT2D eigenvalue weighted by molar-refractivity contribution is 7.37. The fourth-order valence-corrected chi connectivity index (χ4v) is 0. The van der Waals surface area contributed by atoms with Gasteiger partial charge in [-0.25, -0.2) is 0 Å². The molecule has 0 aromatic carbocycles. The lowest BCUT2D eigenvalue weighted by Crippen LogP contribution is -1.89. The Morgan fingerprint density at radius 2 is 2.20 bits per heavy atom. The van der Waals surface area contributed by atoms with E-state index in [0.29, 0.717) is 0 Å². The molecule has 3 nitrogen and oxygen atoms in total. The van der Waals surface area contributed by atoms with Crippen LogP contribution < -0.4 is 5.73 Å². The maximum absolute atomic E-state index is 9.39. The van der Waals surface area contributed by atoms with Gasteiger partial charge in [-0.1, -0.05) is 0 Å². The largest absolute Gasteiger partial charge is 0.521 e. The Kier molecular flexibility index (Phi) is 2.28. The summed E-state index contributed by atoms with van der Waals surface area (Å²) in [5, 5.41) is 0. The molecule has 0 spiro atoms. The lowest BCUT2D eigenvalue weighted by Gasteiger charge is -1.55. The topological polar surface area (TPSA) is 63.3 Å². The molecule has 0 heterocycles. The van der Waals surface area contributed by atoms with Crippen LogP contribution in [0.15, 0.2) is 0 Å². The molecule has 0 radical (unpaired) electrons. The molecule has 0 fully saturated rings. The molecule has 1 atom stereocenters. The van der Waals surface area contributed by atoms with E-state index in [0.717, 1.165) is 0 Å². The standard InChI is InChI=1S/CH4NO2P/c2-1-5(3)4/h1-2H2/p+1. The van der Waals surface area contributed by atoms with Crippen LogP contribution in [-0.4, -0.2) is 11.2 Å². The van der Waals surface area contributed by atoms with Gasteiger partial charge in [-0.15, -0.1) is 0 Å². The molecule has 30 valence electrons. The zero-order chi connectivity index (χ0) is 4.28. The van der Waals surface area contributed by atoms with E-state index in [4.69, 9.17) is 4.89 Å². The fourth-order valence-electron chi connectivity index (χ4n) is 0. The van der Waals surface area contributed by atoms with Crippen molar-refractivity contribution in [3.8, 4) is 0 Å². The molecule has 1 unspecified atom stereocenters. The zero-order valence-corrected chi connectivity index (χ0v) is 3.48. The van der Waals surface area contributed by atoms with E-state index in [1.54, 1.807) is 0 Å². The van der Waals surface area contributed by atoms with Gasteiger partial charge in [-0.3, -0.25) is 5.73 Å². The molecule has 0 aromatic heterocycles. The van der Waals surface area contributed by atoms with Crippen LogP contribution in [0.3, 0.4) is 0 Å². The van der Waals surface area contributed by atoms with E-state index < -0.39 is 8.03 Å². The third-order valence-electron chi connectivity index (χ3n) is 0.156. The smallest absolute Gasteiger partial charge is 0.288 e. The van der Waals surface area contributed by atoms with Crippen LogP contribution in [0.25, 0.3) is 0 Å². The first-order chi connectivity index (χ1) is 2.27. The molecule has 4 heteroatoms. The van der Waals surface area contributed by atoms with Crippen molar-refractivity contribution in [1.82, 2.24) is 0 Å². The van der Waals surface area contributed by atoms with E-state index in [-0.39, 0.29) is 6.29 Å². The lowest BCUT2D eigenvalue weighted by atomic mass is 11.6. The summed E-state index contributed by atoms with van der Waals surface area (Å²) >= 11 is 0. The van der Waals surface area contributed by atoms with Gasteiger partial charge in [0.25, 0.3) is 0 Å². The molecule has 0 aliphatic carbocycles. The van der Waals surface area contributed by atoms with Crippen molar-refractivity contribution >= 4 is 8.03 Å². The van der Waals surface area contributed by atoms with E-state index in [1.807, 2.05) is 0 Å². The van der Waals surface area contributed by atoms with Crippen LogP contribution in [0.4, 0.5) is 0 Å². The van der Waals surface area contributed by atoms with E-state index in [9.17, 15) is 4.57 Å². The molecule has 0 bridgehead atoms. The Hall–Kier alpha value is 0.0200.